The fourth-order valence-electron chi connectivity index (χ4n) is 1.29. The second-order valence-electron chi connectivity index (χ2n) is 2.99. The highest BCUT2D eigenvalue weighted by atomic mass is 31.2. The molecule has 0 aromatic heterocycles. The van der Waals surface area contributed by atoms with Gasteiger partial charge in [-0.05, 0) is 0 Å². The topological polar surface area (TPSA) is 50.8 Å². The molecule has 1 saturated heterocycles. The zero-order valence-corrected chi connectivity index (χ0v) is 9.05. The van der Waals surface area contributed by atoms with Crippen LogP contribution >= 0.6 is 7.60 Å². The Morgan fingerprint density at radius 1 is 1.31 bits per heavy atom. The van der Waals surface area contributed by atoms with Crippen molar-refractivity contribution in [2.24, 2.45) is 0 Å². The van der Waals surface area contributed by atoms with Gasteiger partial charge in [-0.3, -0.25) is 9.46 Å². The molecule has 0 spiro atoms. The summed E-state index contributed by atoms with van der Waals surface area (Å²) in [6.45, 7) is 3.67. The van der Waals surface area contributed by atoms with E-state index in [0.29, 0.717) is 6.29 Å². The molecular weight excluding hydrogens is 191 g/mol. The summed E-state index contributed by atoms with van der Waals surface area (Å²) in [6, 6.07) is 0. The van der Waals surface area contributed by atoms with Crippen molar-refractivity contribution in [2.75, 3.05) is 46.7 Å². The molecule has 1 aliphatic heterocycles. The van der Waals surface area contributed by atoms with Gasteiger partial charge in [0, 0.05) is 40.4 Å². The smallest absolute Gasteiger partial charge is 0.314 e. The van der Waals surface area contributed by atoms with Crippen LogP contribution in [0, 0.1) is 0 Å². The monoisotopic (exact) mass is 208 g/mol. The first-order valence-electron chi connectivity index (χ1n) is 4.34. The minimum Gasteiger partial charge on any atom is -0.314 e. The number of rotatable bonds is 4. The van der Waals surface area contributed by atoms with Gasteiger partial charge in [0.15, 0.2) is 0 Å². The van der Waals surface area contributed by atoms with Crippen molar-refractivity contribution in [1.29, 1.82) is 0 Å². The molecule has 1 heterocycles. The lowest BCUT2D eigenvalue weighted by atomic mass is 10.4. The summed E-state index contributed by atoms with van der Waals surface area (Å²) >= 11 is 0. The van der Waals surface area contributed by atoms with Gasteiger partial charge in [-0.25, -0.2) is 0 Å². The van der Waals surface area contributed by atoms with E-state index in [1.807, 2.05) is 0 Å². The third kappa shape index (κ3) is 3.37. The van der Waals surface area contributed by atoms with E-state index < -0.39 is 7.60 Å². The molecule has 1 rings (SSSR count). The van der Waals surface area contributed by atoms with Crippen LogP contribution in [0.15, 0.2) is 0 Å². The lowest BCUT2D eigenvalue weighted by molar-refractivity contribution is 0.220. The molecular formula is C7H17N2O3P. The van der Waals surface area contributed by atoms with E-state index in [2.05, 4.69) is 10.2 Å². The zero-order valence-electron chi connectivity index (χ0n) is 8.15. The zero-order chi connectivity index (χ0) is 9.73. The number of piperazine rings is 1. The molecule has 0 unspecified atom stereocenters. The van der Waals surface area contributed by atoms with Gasteiger partial charge < -0.3 is 14.4 Å². The summed E-state index contributed by atoms with van der Waals surface area (Å²) in [5, 5.41) is 3.22. The highest BCUT2D eigenvalue weighted by Gasteiger charge is 2.25. The summed E-state index contributed by atoms with van der Waals surface area (Å²) in [5.41, 5.74) is 0. The van der Waals surface area contributed by atoms with Crippen LogP contribution in [-0.2, 0) is 13.6 Å². The van der Waals surface area contributed by atoms with E-state index >= 15 is 0 Å². The lowest BCUT2D eigenvalue weighted by Gasteiger charge is -2.29. The molecule has 0 amide bonds. The first kappa shape index (κ1) is 11.1. The fourth-order valence-corrected chi connectivity index (χ4v) is 2.44. The standard InChI is InChI=1S/C7H17N2O3P/c1-11-13(10,12-2)7-9-5-3-8-4-6-9/h8H,3-7H2,1-2H3. The lowest BCUT2D eigenvalue weighted by Crippen LogP contribution is -2.43. The second kappa shape index (κ2) is 5.08. The number of nitrogens with zero attached hydrogens (tertiary/aromatic N) is 1. The average Bonchev–Trinajstić information content (AvgIpc) is 2.19. The quantitative estimate of drug-likeness (QED) is 0.675. The van der Waals surface area contributed by atoms with Gasteiger partial charge in [0.1, 0.15) is 6.29 Å². The molecule has 78 valence electrons. The summed E-state index contributed by atoms with van der Waals surface area (Å²) in [7, 11) is -0.00529. The average molecular weight is 208 g/mol. The van der Waals surface area contributed by atoms with Crippen LogP contribution in [0.4, 0.5) is 0 Å². The third-order valence-corrected chi connectivity index (χ3v) is 4.00. The van der Waals surface area contributed by atoms with Crippen LogP contribution in [0.25, 0.3) is 0 Å². The summed E-state index contributed by atoms with van der Waals surface area (Å²) in [5.74, 6) is 0. The van der Waals surface area contributed by atoms with Crippen molar-refractivity contribution in [2.45, 2.75) is 0 Å². The van der Waals surface area contributed by atoms with E-state index in [9.17, 15) is 4.57 Å². The first-order valence-corrected chi connectivity index (χ1v) is 6.06. The molecule has 13 heavy (non-hydrogen) atoms. The van der Waals surface area contributed by atoms with Gasteiger partial charge in [-0.1, -0.05) is 0 Å². The Hall–Kier alpha value is 0.0700. The summed E-state index contributed by atoms with van der Waals surface area (Å²) < 4.78 is 21.4. The molecule has 5 nitrogen and oxygen atoms in total. The van der Waals surface area contributed by atoms with Crippen LogP contribution in [-0.4, -0.2) is 51.6 Å². The van der Waals surface area contributed by atoms with E-state index in [0.717, 1.165) is 26.2 Å². The molecule has 0 radical (unpaired) electrons. The molecule has 0 bridgehead atoms. The van der Waals surface area contributed by atoms with E-state index in [4.69, 9.17) is 9.05 Å². The second-order valence-corrected chi connectivity index (χ2v) is 5.22. The van der Waals surface area contributed by atoms with Gasteiger partial charge in [-0.2, -0.15) is 0 Å². The van der Waals surface area contributed by atoms with Crippen molar-refractivity contribution >= 4 is 7.60 Å². The van der Waals surface area contributed by atoms with Gasteiger partial charge in [0.2, 0.25) is 0 Å². The number of hydrogen-bond acceptors (Lipinski definition) is 5. The van der Waals surface area contributed by atoms with Gasteiger partial charge in [-0.15, -0.1) is 0 Å². The molecule has 1 aliphatic rings. The van der Waals surface area contributed by atoms with E-state index in [1.165, 1.54) is 14.2 Å². The maximum absolute atomic E-state index is 11.7. The fraction of sp³-hybridized carbons (Fsp3) is 1.00. The predicted octanol–water partition coefficient (Wildman–Crippen LogP) is 0.335. The van der Waals surface area contributed by atoms with Crippen LogP contribution in [0.2, 0.25) is 0 Å². The van der Waals surface area contributed by atoms with E-state index in [1.54, 1.807) is 0 Å². The van der Waals surface area contributed by atoms with Crippen LogP contribution < -0.4 is 5.32 Å². The Bertz CT molecular complexity index is 186. The minimum atomic E-state index is -2.85. The molecule has 1 N–H and O–H groups in total. The maximum atomic E-state index is 11.7. The molecule has 1 fully saturated rings. The molecule has 0 aliphatic carbocycles. The van der Waals surface area contributed by atoms with Gasteiger partial charge in [0.25, 0.3) is 0 Å². The summed E-state index contributed by atoms with van der Waals surface area (Å²) in [4.78, 5) is 2.09. The van der Waals surface area contributed by atoms with Crippen molar-refractivity contribution in [3.63, 3.8) is 0 Å². The number of nitrogens with one attached hydrogen (secondary N) is 1. The predicted molar refractivity (Wildman–Crippen MR) is 50.9 cm³/mol. The largest absolute Gasteiger partial charge is 0.344 e. The Kier molecular flexibility index (Phi) is 4.35. The highest BCUT2D eigenvalue weighted by molar-refractivity contribution is 7.53. The normalized spacial score (nSPS) is 20.5. The maximum Gasteiger partial charge on any atom is 0.344 e. The molecule has 0 aromatic rings. The van der Waals surface area contributed by atoms with Crippen LogP contribution in [0.3, 0.4) is 0 Å². The van der Waals surface area contributed by atoms with Crippen molar-refractivity contribution in [3.8, 4) is 0 Å². The molecule has 0 saturated carbocycles. The summed E-state index contributed by atoms with van der Waals surface area (Å²) in [6.07, 6.45) is 0.391. The minimum absolute atomic E-state index is 0.391. The van der Waals surface area contributed by atoms with E-state index in [-0.39, 0.29) is 0 Å². The van der Waals surface area contributed by atoms with Crippen LogP contribution in [0.1, 0.15) is 0 Å². The highest BCUT2D eigenvalue weighted by Crippen LogP contribution is 2.46. The van der Waals surface area contributed by atoms with Crippen molar-refractivity contribution < 1.29 is 13.6 Å². The first-order chi connectivity index (χ1) is 6.20. The number of hydrogen-bond donors (Lipinski definition) is 1. The Morgan fingerprint density at radius 3 is 2.31 bits per heavy atom. The van der Waals surface area contributed by atoms with Crippen LogP contribution in [0.5, 0.6) is 0 Å². The van der Waals surface area contributed by atoms with Gasteiger partial charge in [0.05, 0.1) is 0 Å². The Labute approximate surface area is 78.9 Å². The molecule has 6 heteroatoms. The molecule has 0 atom stereocenters. The Morgan fingerprint density at radius 2 is 1.85 bits per heavy atom. The Balaban J connectivity index is 2.40. The van der Waals surface area contributed by atoms with Crippen molar-refractivity contribution in [1.82, 2.24) is 10.2 Å². The van der Waals surface area contributed by atoms with Gasteiger partial charge >= 0.3 is 7.60 Å². The molecule has 0 aromatic carbocycles. The van der Waals surface area contributed by atoms with Crippen molar-refractivity contribution in [3.05, 3.63) is 0 Å². The third-order valence-electron chi connectivity index (χ3n) is 2.14. The SMILES string of the molecule is COP(=O)(CN1CCNCC1)OC.